The van der Waals surface area contributed by atoms with Gasteiger partial charge < -0.3 is 5.32 Å². The average Bonchev–Trinajstić information content (AvgIpc) is 2.40. The van der Waals surface area contributed by atoms with Crippen LogP contribution in [-0.4, -0.2) is 7.05 Å². The molecule has 18 heavy (non-hydrogen) atoms. The summed E-state index contributed by atoms with van der Waals surface area (Å²) in [5.41, 5.74) is 2.70. The van der Waals surface area contributed by atoms with Crippen molar-refractivity contribution in [3.63, 3.8) is 0 Å². The predicted octanol–water partition coefficient (Wildman–Crippen LogP) is 4.56. The van der Waals surface area contributed by atoms with E-state index in [1.165, 1.54) is 14.7 Å². The Labute approximate surface area is 130 Å². The number of benzene rings is 2. The van der Waals surface area contributed by atoms with E-state index in [-0.39, 0.29) is 0 Å². The summed E-state index contributed by atoms with van der Waals surface area (Å²) in [4.78, 5) is 0. The maximum absolute atomic E-state index is 3.55. The second-order valence-electron chi connectivity index (χ2n) is 4.20. The molecular formula is C15H15BrIN. The van der Waals surface area contributed by atoms with Crippen LogP contribution < -0.4 is 5.32 Å². The molecule has 0 saturated heterocycles. The summed E-state index contributed by atoms with van der Waals surface area (Å²) in [7, 11) is 2.02. The minimum atomic E-state index is 0.344. The molecule has 2 rings (SSSR count). The van der Waals surface area contributed by atoms with Crippen molar-refractivity contribution < 1.29 is 0 Å². The van der Waals surface area contributed by atoms with E-state index in [9.17, 15) is 0 Å². The van der Waals surface area contributed by atoms with E-state index in [1.807, 2.05) is 7.05 Å². The molecule has 1 N–H and O–H groups in total. The van der Waals surface area contributed by atoms with Gasteiger partial charge in [0.2, 0.25) is 0 Å². The molecule has 0 spiro atoms. The molecule has 1 nitrogen and oxygen atoms in total. The average molecular weight is 416 g/mol. The Kier molecular flexibility index (Phi) is 5.21. The predicted molar refractivity (Wildman–Crippen MR) is 88.8 cm³/mol. The minimum Gasteiger partial charge on any atom is -0.313 e. The molecule has 0 aliphatic carbocycles. The molecule has 2 aromatic carbocycles. The molecule has 1 unspecified atom stereocenters. The van der Waals surface area contributed by atoms with Gasteiger partial charge >= 0.3 is 0 Å². The van der Waals surface area contributed by atoms with Crippen LogP contribution in [0.25, 0.3) is 0 Å². The first-order valence-corrected chi connectivity index (χ1v) is 7.74. The van der Waals surface area contributed by atoms with Crippen LogP contribution in [0.1, 0.15) is 17.2 Å². The molecular weight excluding hydrogens is 401 g/mol. The lowest BCUT2D eigenvalue weighted by Gasteiger charge is -2.18. The van der Waals surface area contributed by atoms with Gasteiger partial charge in [-0.25, -0.2) is 0 Å². The Bertz CT molecular complexity index is 513. The summed E-state index contributed by atoms with van der Waals surface area (Å²) < 4.78 is 2.43. The van der Waals surface area contributed by atoms with Crippen LogP contribution in [0.3, 0.4) is 0 Å². The van der Waals surface area contributed by atoms with E-state index in [4.69, 9.17) is 0 Å². The third-order valence-corrected chi connectivity index (χ3v) is 4.44. The summed E-state index contributed by atoms with van der Waals surface area (Å²) in [5, 5.41) is 3.41. The van der Waals surface area contributed by atoms with Crippen molar-refractivity contribution in [1.82, 2.24) is 5.32 Å². The largest absolute Gasteiger partial charge is 0.313 e. The molecule has 1 atom stereocenters. The van der Waals surface area contributed by atoms with Crippen molar-refractivity contribution in [2.75, 3.05) is 7.05 Å². The van der Waals surface area contributed by atoms with Gasteiger partial charge in [0.05, 0.1) is 0 Å². The topological polar surface area (TPSA) is 12.0 Å². The van der Waals surface area contributed by atoms with Gasteiger partial charge in [0.1, 0.15) is 0 Å². The lowest BCUT2D eigenvalue weighted by molar-refractivity contribution is 0.589. The molecule has 0 bridgehead atoms. The van der Waals surface area contributed by atoms with Gasteiger partial charge in [-0.3, -0.25) is 0 Å². The van der Waals surface area contributed by atoms with Crippen LogP contribution in [0.2, 0.25) is 0 Å². The van der Waals surface area contributed by atoms with Gasteiger partial charge in [-0.05, 0) is 65.4 Å². The molecule has 0 heterocycles. The van der Waals surface area contributed by atoms with Gasteiger partial charge in [0, 0.05) is 14.1 Å². The maximum Gasteiger partial charge on any atom is 0.0369 e. The zero-order valence-electron chi connectivity index (χ0n) is 10.2. The highest BCUT2D eigenvalue weighted by Crippen LogP contribution is 2.26. The van der Waals surface area contributed by atoms with Gasteiger partial charge in [-0.15, -0.1) is 0 Å². The summed E-state index contributed by atoms with van der Waals surface area (Å²) >= 11 is 5.95. The Hall–Kier alpha value is -0.390. The third kappa shape index (κ3) is 3.56. The second kappa shape index (κ2) is 6.68. The van der Waals surface area contributed by atoms with Crippen LogP contribution in [0, 0.1) is 3.57 Å². The monoisotopic (exact) mass is 415 g/mol. The van der Waals surface area contributed by atoms with Crippen LogP contribution in [0.4, 0.5) is 0 Å². The Morgan fingerprint density at radius 3 is 2.56 bits per heavy atom. The van der Waals surface area contributed by atoms with E-state index in [0.717, 1.165) is 10.9 Å². The van der Waals surface area contributed by atoms with Crippen LogP contribution in [0.15, 0.2) is 53.0 Å². The molecule has 94 valence electrons. The fourth-order valence-electron chi connectivity index (χ4n) is 2.00. The van der Waals surface area contributed by atoms with E-state index in [2.05, 4.69) is 92.4 Å². The Morgan fingerprint density at radius 2 is 1.89 bits per heavy atom. The summed E-state index contributed by atoms with van der Waals surface area (Å²) in [6.07, 6.45) is 1.00. The zero-order chi connectivity index (χ0) is 13.0. The lowest BCUT2D eigenvalue weighted by atomic mass is 9.99. The van der Waals surface area contributed by atoms with Crippen molar-refractivity contribution in [2.24, 2.45) is 0 Å². The van der Waals surface area contributed by atoms with Crippen LogP contribution in [0.5, 0.6) is 0 Å². The number of nitrogens with one attached hydrogen (secondary N) is 1. The van der Waals surface area contributed by atoms with Crippen LogP contribution >= 0.6 is 38.5 Å². The fourth-order valence-corrected chi connectivity index (χ4v) is 3.09. The number of rotatable bonds is 4. The number of hydrogen-bond acceptors (Lipinski definition) is 1. The van der Waals surface area contributed by atoms with Crippen molar-refractivity contribution in [3.8, 4) is 0 Å². The van der Waals surface area contributed by atoms with Gasteiger partial charge in [-0.1, -0.05) is 46.3 Å². The lowest BCUT2D eigenvalue weighted by Crippen LogP contribution is -2.19. The first-order valence-electron chi connectivity index (χ1n) is 5.87. The molecule has 0 radical (unpaired) electrons. The second-order valence-corrected chi connectivity index (χ2v) is 6.27. The van der Waals surface area contributed by atoms with Gasteiger partial charge in [0.25, 0.3) is 0 Å². The quantitative estimate of drug-likeness (QED) is 0.722. The summed E-state index contributed by atoms with van der Waals surface area (Å²) in [5.74, 6) is 0. The number of hydrogen-bond donors (Lipinski definition) is 1. The van der Waals surface area contributed by atoms with Crippen molar-refractivity contribution in [3.05, 3.63) is 67.7 Å². The Morgan fingerprint density at radius 1 is 1.17 bits per heavy atom. The third-order valence-electron chi connectivity index (χ3n) is 2.96. The molecule has 2 aromatic rings. The fraction of sp³-hybridized carbons (Fsp3) is 0.200. The number of likely N-dealkylation sites (N-methyl/N-ethyl adjacent to an activating group) is 1. The molecule has 3 heteroatoms. The maximum atomic E-state index is 3.55. The first-order chi connectivity index (χ1) is 8.70. The van der Waals surface area contributed by atoms with E-state index >= 15 is 0 Å². The van der Waals surface area contributed by atoms with Gasteiger partial charge in [-0.2, -0.15) is 0 Å². The minimum absolute atomic E-state index is 0.344. The normalized spacial score (nSPS) is 12.4. The molecule has 0 aliphatic heterocycles. The number of halogens is 2. The smallest absolute Gasteiger partial charge is 0.0369 e. The van der Waals surface area contributed by atoms with Crippen molar-refractivity contribution in [2.45, 2.75) is 12.5 Å². The van der Waals surface area contributed by atoms with Crippen molar-refractivity contribution >= 4 is 38.5 Å². The highest BCUT2D eigenvalue weighted by molar-refractivity contribution is 14.1. The summed E-state index contributed by atoms with van der Waals surface area (Å²) in [6, 6.07) is 17.4. The SMILES string of the molecule is CNC(Cc1ccccc1)c1cc(Br)ccc1I. The highest BCUT2D eigenvalue weighted by atomic mass is 127. The molecule has 0 aliphatic rings. The Balaban J connectivity index is 2.26. The van der Waals surface area contributed by atoms with E-state index < -0.39 is 0 Å². The van der Waals surface area contributed by atoms with Crippen molar-refractivity contribution in [1.29, 1.82) is 0 Å². The van der Waals surface area contributed by atoms with Crippen LogP contribution in [-0.2, 0) is 6.42 Å². The van der Waals surface area contributed by atoms with Gasteiger partial charge in [0.15, 0.2) is 0 Å². The zero-order valence-corrected chi connectivity index (χ0v) is 13.9. The standard InChI is InChI=1S/C15H15BrIN/c1-18-15(9-11-5-3-2-4-6-11)13-10-12(16)7-8-14(13)17/h2-8,10,15,18H,9H2,1H3. The molecule has 0 aromatic heterocycles. The van der Waals surface area contributed by atoms with E-state index in [1.54, 1.807) is 0 Å². The summed E-state index contributed by atoms with van der Waals surface area (Å²) in [6.45, 7) is 0. The molecule has 0 fully saturated rings. The molecule has 0 saturated carbocycles. The molecule has 0 amide bonds. The van der Waals surface area contributed by atoms with E-state index in [0.29, 0.717) is 6.04 Å². The highest BCUT2D eigenvalue weighted by Gasteiger charge is 2.13. The first kappa shape index (κ1) is 14.0.